The summed E-state index contributed by atoms with van der Waals surface area (Å²) in [5, 5.41) is 4.14. The zero-order valence-electron chi connectivity index (χ0n) is 13.2. The molecule has 0 aliphatic carbocycles. The largest absolute Gasteiger partial charge is 0.368 e. The van der Waals surface area contributed by atoms with Crippen LogP contribution in [0.15, 0.2) is 46.6 Å². The second kappa shape index (κ2) is 6.09. The smallest absolute Gasteiger partial charge is 0.216 e. The van der Waals surface area contributed by atoms with E-state index in [0.717, 1.165) is 11.1 Å². The van der Waals surface area contributed by atoms with E-state index < -0.39 is 0 Å². The zero-order chi connectivity index (χ0) is 16.3. The third kappa shape index (κ3) is 4.25. The predicted molar refractivity (Wildman–Crippen MR) is 86.6 cm³/mol. The number of rotatable bonds is 2. The first-order valence-corrected chi connectivity index (χ1v) is 6.93. The molecule has 1 aromatic carbocycles. The minimum absolute atomic E-state index is 0.177. The third-order valence-electron chi connectivity index (χ3n) is 2.77. The number of guanidine groups is 1. The average molecular weight is 301 g/mol. The molecular formula is C16H20FN5. The number of benzene rings is 1. The van der Waals surface area contributed by atoms with Crippen molar-refractivity contribution in [1.29, 1.82) is 0 Å². The molecule has 2 N–H and O–H groups in total. The molecule has 22 heavy (non-hydrogen) atoms. The maximum absolute atomic E-state index is 13.1. The lowest BCUT2D eigenvalue weighted by molar-refractivity contribution is 0.582. The van der Waals surface area contributed by atoms with Crippen molar-refractivity contribution in [2.45, 2.75) is 26.3 Å². The van der Waals surface area contributed by atoms with Gasteiger partial charge in [-0.25, -0.2) is 14.4 Å². The van der Waals surface area contributed by atoms with Crippen LogP contribution in [-0.2, 0) is 7.05 Å². The van der Waals surface area contributed by atoms with Crippen LogP contribution >= 0.6 is 0 Å². The molecule has 1 aromatic heterocycles. The van der Waals surface area contributed by atoms with Crippen molar-refractivity contribution < 1.29 is 4.39 Å². The van der Waals surface area contributed by atoms with E-state index in [2.05, 4.69) is 15.1 Å². The van der Waals surface area contributed by atoms with Gasteiger partial charge in [-0.2, -0.15) is 5.10 Å². The van der Waals surface area contributed by atoms with Crippen molar-refractivity contribution in [2.75, 3.05) is 0 Å². The lowest BCUT2D eigenvalue weighted by Crippen LogP contribution is -2.20. The molecule has 6 heteroatoms. The summed E-state index contributed by atoms with van der Waals surface area (Å²) in [6, 6.07) is 6.09. The third-order valence-corrected chi connectivity index (χ3v) is 2.77. The molecule has 0 saturated carbocycles. The normalized spacial score (nSPS) is 13.5. The summed E-state index contributed by atoms with van der Waals surface area (Å²) in [6.45, 7) is 5.82. The topological polar surface area (TPSA) is 68.6 Å². The van der Waals surface area contributed by atoms with Gasteiger partial charge in [0.1, 0.15) is 5.82 Å². The van der Waals surface area contributed by atoms with E-state index >= 15 is 0 Å². The Bertz CT molecular complexity index is 705. The van der Waals surface area contributed by atoms with Gasteiger partial charge in [-0.05, 0) is 45.0 Å². The lowest BCUT2D eigenvalue weighted by atomic mass is 10.1. The van der Waals surface area contributed by atoms with Crippen molar-refractivity contribution in [3.8, 4) is 0 Å². The van der Waals surface area contributed by atoms with Crippen molar-refractivity contribution in [3.05, 3.63) is 53.6 Å². The number of hydrogen-bond donors (Lipinski definition) is 1. The molecule has 0 unspecified atom stereocenters. The van der Waals surface area contributed by atoms with Crippen LogP contribution in [0.25, 0.3) is 0 Å². The minimum atomic E-state index is -0.323. The quantitative estimate of drug-likeness (QED) is 0.684. The molecule has 0 bridgehead atoms. The highest BCUT2D eigenvalue weighted by atomic mass is 19.1. The minimum Gasteiger partial charge on any atom is -0.368 e. The fraction of sp³-hybridized carbons (Fsp3) is 0.312. The van der Waals surface area contributed by atoms with Gasteiger partial charge in [0.05, 0.1) is 17.4 Å². The second-order valence-corrected chi connectivity index (χ2v) is 6.01. The Morgan fingerprint density at radius 1 is 1.18 bits per heavy atom. The number of hydrogen-bond acceptors (Lipinski definition) is 2. The molecular weight excluding hydrogens is 281 g/mol. The molecule has 0 aliphatic heterocycles. The van der Waals surface area contributed by atoms with Crippen molar-refractivity contribution >= 4 is 11.7 Å². The van der Waals surface area contributed by atoms with E-state index in [4.69, 9.17) is 5.73 Å². The number of aromatic nitrogens is 2. The van der Waals surface area contributed by atoms with Gasteiger partial charge in [0.25, 0.3) is 0 Å². The van der Waals surface area contributed by atoms with E-state index in [-0.39, 0.29) is 17.3 Å². The summed E-state index contributed by atoms with van der Waals surface area (Å²) in [6.07, 6.45) is 3.51. The van der Waals surface area contributed by atoms with Gasteiger partial charge in [-0.1, -0.05) is 0 Å². The Kier molecular flexibility index (Phi) is 4.40. The van der Waals surface area contributed by atoms with Crippen LogP contribution < -0.4 is 5.73 Å². The number of halogens is 1. The monoisotopic (exact) mass is 301 g/mol. The van der Waals surface area contributed by atoms with Crippen molar-refractivity contribution in [1.82, 2.24) is 9.78 Å². The second-order valence-electron chi connectivity index (χ2n) is 6.01. The molecule has 0 fully saturated rings. The Balaban J connectivity index is 2.51. The number of aliphatic imine (C=N–C) groups is 2. The summed E-state index contributed by atoms with van der Waals surface area (Å²) in [7, 11) is 1.82. The zero-order valence-corrected chi connectivity index (χ0v) is 13.2. The molecule has 116 valence electrons. The Hall–Kier alpha value is -2.50. The van der Waals surface area contributed by atoms with E-state index in [9.17, 15) is 4.39 Å². The van der Waals surface area contributed by atoms with Crippen LogP contribution in [0.1, 0.15) is 31.9 Å². The van der Waals surface area contributed by atoms with E-state index in [1.54, 1.807) is 23.0 Å². The Morgan fingerprint density at radius 3 is 2.32 bits per heavy atom. The van der Waals surface area contributed by atoms with Gasteiger partial charge < -0.3 is 5.73 Å². The molecule has 2 rings (SSSR count). The first-order valence-electron chi connectivity index (χ1n) is 6.93. The number of nitrogens with zero attached hydrogens (tertiary/aromatic N) is 4. The summed E-state index contributed by atoms with van der Waals surface area (Å²) in [5.41, 5.74) is 7.76. The molecule has 1 heterocycles. The maximum atomic E-state index is 13.1. The van der Waals surface area contributed by atoms with Gasteiger partial charge >= 0.3 is 0 Å². The first-order chi connectivity index (χ1) is 10.2. The van der Waals surface area contributed by atoms with Crippen LogP contribution in [0.5, 0.6) is 0 Å². The fourth-order valence-corrected chi connectivity index (χ4v) is 1.93. The summed E-state index contributed by atoms with van der Waals surface area (Å²) < 4.78 is 14.8. The summed E-state index contributed by atoms with van der Waals surface area (Å²) in [4.78, 5) is 8.74. The highest BCUT2D eigenvalue weighted by molar-refractivity contribution is 6.16. The Morgan fingerprint density at radius 2 is 1.82 bits per heavy atom. The lowest BCUT2D eigenvalue weighted by Gasteiger charge is -2.12. The van der Waals surface area contributed by atoms with Crippen LogP contribution in [0.4, 0.5) is 4.39 Å². The number of nitrogens with two attached hydrogens (primary N) is 1. The van der Waals surface area contributed by atoms with Crippen LogP contribution in [-0.4, -0.2) is 27.0 Å². The predicted octanol–water partition coefficient (Wildman–Crippen LogP) is 2.51. The highest BCUT2D eigenvalue weighted by Gasteiger charge is 2.12. The average Bonchev–Trinajstić information content (AvgIpc) is 2.81. The molecule has 0 spiro atoms. The first kappa shape index (κ1) is 15.9. The molecule has 0 amide bonds. The van der Waals surface area contributed by atoms with E-state index in [1.807, 2.05) is 34.0 Å². The molecule has 0 saturated heterocycles. The van der Waals surface area contributed by atoms with E-state index in [1.165, 1.54) is 12.1 Å². The van der Waals surface area contributed by atoms with Crippen LogP contribution in [0.2, 0.25) is 0 Å². The van der Waals surface area contributed by atoms with Gasteiger partial charge in [-0.3, -0.25) is 4.68 Å². The molecule has 0 atom stereocenters. The van der Waals surface area contributed by atoms with Crippen molar-refractivity contribution in [2.24, 2.45) is 22.8 Å². The van der Waals surface area contributed by atoms with Gasteiger partial charge in [0.2, 0.25) is 5.96 Å². The standard InChI is InChI=1S/C16H20FN5/c1-16(2,3)21-15(18)20-14(12-9-19-22(4)10-12)11-5-7-13(17)8-6-11/h5-10H,1-4H3,(H2,18,21). The van der Waals surface area contributed by atoms with E-state index in [0.29, 0.717) is 5.71 Å². The van der Waals surface area contributed by atoms with Gasteiger partial charge in [0, 0.05) is 24.4 Å². The number of aryl methyl sites for hydroxylation is 1. The summed E-state index contributed by atoms with van der Waals surface area (Å²) in [5.74, 6) is -0.124. The molecule has 5 nitrogen and oxygen atoms in total. The molecule has 2 aromatic rings. The van der Waals surface area contributed by atoms with Gasteiger partial charge in [-0.15, -0.1) is 0 Å². The van der Waals surface area contributed by atoms with Crippen LogP contribution in [0, 0.1) is 5.82 Å². The SMILES string of the molecule is Cn1cc(C(=NC(N)=NC(C)(C)C)c2ccc(F)cc2)cn1. The van der Waals surface area contributed by atoms with Crippen molar-refractivity contribution in [3.63, 3.8) is 0 Å². The van der Waals surface area contributed by atoms with Crippen LogP contribution in [0.3, 0.4) is 0 Å². The maximum Gasteiger partial charge on any atom is 0.216 e. The molecule has 0 aliphatic rings. The highest BCUT2D eigenvalue weighted by Crippen LogP contribution is 2.13. The summed E-state index contributed by atoms with van der Waals surface area (Å²) >= 11 is 0. The Labute approximate surface area is 129 Å². The fourth-order valence-electron chi connectivity index (χ4n) is 1.93. The van der Waals surface area contributed by atoms with Gasteiger partial charge in [0.15, 0.2) is 0 Å². The molecule has 0 radical (unpaired) electrons.